The molecular weight excluding hydrogens is 442 g/mol. The maximum Gasteiger partial charge on any atom is 0.261 e. The van der Waals surface area contributed by atoms with E-state index in [1.807, 2.05) is 12.1 Å². The molecule has 1 aromatic carbocycles. The Morgan fingerprint density at radius 3 is 2.61 bits per heavy atom. The molecule has 1 aliphatic rings. The molecule has 2 aromatic rings. The summed E-state index contributed by atoms with van der Waals surface area (Å²) in [7, 11) is 3.14. The molecule has 0 spiro atoms. The molecule has 3 rings (SSSR count). The molecule has 0 radical (unpaired) electrons. The molecule has 1 fully saturated rings. The van der Waals surface area contributed by atoms with Crippen molar-refractivity contribution < 1.29 is 29.6 Å². The average Bonchev–Trinajstić information content (AvgIpc) is 3.21. The van der Waals surface area contributed by atoms with Gasteiger partial charge >= 0.3 is 0 Å². The largest absolute Gasteiger partial charge is 0.388 e. The number of benzene rings is 1. The number of carbonyl (C=O) groups is 1. The van der Waals surface area contributed by atoms with Gasteiger partial charge in [-0.1, -0.05) is 17.7 Å². The molecule has 0 saturated carbocycles. The molecule has 4 N–H and O–H groups in total. The van der Waals surface area contributed by atoms with Crippen molar-refractivity contribution in [2.24, 2.45) is 0 Å². The number of rotatable bonds is 6. The van der Waals surface area contributed by atoms with Gasteiger partial charge in [0.25, 0.3) is 5.91 Å². The third kappa shape index (κ3) is 4.66. The van der Waals surface area contributed by atoms with Gasteiger partial charge in [0.15, 0.2) is 0 Å². The maximum absolute atomic E-state index is 11.9. The van der Waals surface area contributed by atoms with Gasteiger partial charge in [0.05, 0.1) is 17.6 Å². The molecule has 170 valence electrons. The number of ether oxygens (including phenoxy) is 2. The van der Waals surface area contributed by atoms with E-state index in [2.05, 4.69) is 5.32 Å². The molecule has 1 aliphatic heterocycles. The molecule has 7 nitrogen and oxygen atoms in total. The van der Waals surface area contributed by atoms with E-state index >= 15 is 0 Å². The Bertz CT molecular complexity index is 950. The zero-order chi connectivity index (χ0) is 22.9. The Kier molecular flexibility index (Phi) is 7.43. The zero-order valence-corrected chi connectivity index (χ0v) is 19.5. The SMILES string of the molecule is CNC(=O)c1ccc(Cc2cc([C@]3(C)O[C@H](C)[C@@H](O)[C@H](O)[C@H]3O)c(COC)cc2Cl)s1. The summed E-state index contributed by atoms with van der Waals surface area (Å²) in [6, 6.07) is 7.26. The number of halogens is 1. The van der Waals surface area contributed by atoms with Gasteiger partial charge in [-0.15, -0.1) is 11.3 Å². The van der Waals surface area contributed by atoms with E-state index in [-0.39, 0.29) is 12.5 Å². The number of aliphatic hydroxyl groups excluding tert-OH is 3. The third-order valence-corrected chi connectivity index (χ3v) is 7.17. The van der Waals surface area contributed by atoms with E-state index in [9.17, 15) is 20.1 Å². The Morgan fingerprint density at radius 2 is 1.97 bits per heavy atom. The topological polar surface area (TPSA) is 108 Å². The summed E-state index contributed by atoms with van der Waals surface area (Å²) in [6.45, 7) is 3.56. The van der Waals surface area contributed by atoms with Crippen LogP contribution in [0.25, 0.3) is 0 Å². The van der Waals surface area contributed by atoms with Crippen molar-refractivity contribution >= 4 is 28.8 Å². The van der Waals surface area contributed by atoms with Gasteiger partial charge in [-0.25, -0.2) is 0 Å². The summed E-state index contributed by atoms with van der Waals surface area (Å²) in [5.74, 6) is -0.147. The minimum atomic E-state index is -1.37. The van der Waals surface area contributed by atoms with Crippen LogP contribution in [-0.2, 0) is 28.1 Å². The van der Waals surface area contributed by atoms with Crippen molar-refractivity contribution in [3.63, 3.8) is 0 Å². The molecule has 5 atom stereocenters. The fraction of sp³-hybridized carbons (Fsp3) is 0.500. The number of carbonyl (C=O) groups excluding carboxylic acids is 1. The first kappa shape index (κ1) is 24.1. The number of aliphatic hydroxyl groups is 3. The van der Waals surface area contributed by atoms with Crippen LogP contribution < -0.4 is 5.32 Å². The lowest BCUT2D eigenvalue weighted by molar-refractivity contribution is -0.263. The smallest absolute Gasteiger partial charge is 0.261 e. The van der Waals surface area contributed by atoms with Crippen LogP contribution in [0, 0.1) is 0 Å². The fourth-order valence-corrected chi connectivity index (χ4v) is 5.21. The van der Waals surface area contributed by atoms with Gasteiger partial charge in [-0.05, 0) is 48.7 Å². The average molecular weight is 470 g/mol. The highest BCUT2D eigenvalue weighted by molar-refractivity contribution is 7.14. The van der Waals surface area contributed by atoms with Crippen molar-refractivity contribution in [2.45, 2.75) is 56.9 Å². The standard InChI is InChI=1S/C22H28ClNO6S/c1-11-18(25)19(26)20(27)22(2,30-11)15-8-12(16(23)9-13(15)10-29-4)7-14-5-6-17(31-14)21(28)24-3/h5-6,8-9,11,18-20,25-27H,7,10H2,1-4H3,(H,24,28)/t11-,18-,19+,20-,22+/m1/s1. The van der Waals surface area contributed by atoms with Crippen molar-refractivity contribution in [3.8, 4) is 0 Å². The first-order valence-electron chi connectivity index (χ1n) is 9.95. The normalized spacial score (nSPS) is 28.5. The van der Waals surface area contributed by atoms with E-state index in [1.54, 1.807) is 40.1 Å². The van der Waals surface area contributed by atoms with Crippen molar-refractivity contribution in [2.75, 3.05) is 14.2 Å². The highest BCUT2D eigenvalue weighted by atomic mass is 35.5. The van der Waals surface area contributed by atoms with Crippen molar-refractivity contribution in [1.82, 2.24) is 5.32 Å². The first-order chi connectivity index (χ1) is 14.6. The van der Waals surface area contributed by atoms with Gasteiger partial charge in [0, 0.05) is 30.5 Å². The molecule has 1 amide bonds. The van der Waals surface area contributed by atoms with Gasteiger partial charge in [0.1, 0.15) is 23.9 Å². The minimum Gasteiger partial charge on any atom is -0.388 e. The number of hydrogen-bond acceptors (Lipinski definition) is 7. The number of nitrogens with one attached hydrogen (secondary N) is 1. The fourth-order valence-electron chi connectivity index (χ4n) is 3.98. The van der Waals surface area contributed by atoms with Crippen molar-refractivity contribution in [3.05, 3.63) is 55.7 Å². The summed E-state index contributed by atoms with van der Waals surface area (Å²) < 4.78 is 11.3. The molecule has 1 aromatic heterocycles. The van der Waals surface area contributed by atoms with Crippen LogP contribution in [0.2, 0.25) is 5.02 Å². The predicted octanol–water partition coefficient (Wildman–Crippen LogP) is 2.21. The van der Waals surface area contributed by atoms with Crippen LogP contribution in [0.5, 0.6) is 0 Å². The van der Waals surface area contributed by atoms with Gasteiger partial charge in [-0.3, -0.25) is 4.79 Å². The lowest BCUT2D eigenvalue weighted by atomic mass is 9.79. The number of amides is 1. The van der Waals surface area contributed by atoms with Crippen LogP contribution in [0.1, 0.15) is 45.1 Å². The number of thiophene rings is 1. The summed E-state index contributed by atoms with van der Waals surface area (Å²) in [5.41, 5.74) is 0.841. The van der Waals surface area contributed by atoms with Crippen LogP contribution in [0.3, 0.4) is 0 Å². The highest BCUT2D eigenvalue weighted by Crippen LogP contribution is 2.41. The quantitative estimate of drug-likeness (QED) is 0.516. The molecule has 31 heavy (non-hydrogen) atoms. The van der Waals surface area contributed by atoms with E-state index in [1.165, 1.54) is 11.3 Å². The highest BCUT2D eigenvalue weighted by Gasteiger charge is 2.51. The number of methoxy groups -OCH3 is 1. The minimum absolute atomic E-state index is 0.147. The number of hydrogen-bond donors (Lipinski definition) is 4. The molecule has 0 bridgehead atoms. The Balaban J connectivity index is 2.03. The summed E-state index contributed by atoms with van der Waals surface area (Å²) in [4.78, 5) is 13.4. The van der Waals surface area contributed by atoms with E-state index in [4.69, 9.17) is 21.1 Å². The van der Waals surface area contributed by atoms with Crippen LogP contribution in [0.4, 0.5) is 0 Å². The molecule has 0 unspecified atom stereocenters. The second-order valence-electron chi connectivity index (χ2n) is 7.91. The lowest BCUT2D eigenvalue weighted by Gasteiger charge is -2.47. The van der Waals surface area contributed by atoms with Crippen LogP contribution in [0.15, 0.2) is 24.3 Å². The second-order valence-corrected chi connectivity index (χ2v) is 9.49. The summed E-state index contributed by atoms with van der Waals surface area (Å²) in [6.07, 6.45) is -4.13. The van der Waals surface area contributed by atoms with Crippen LogP contribution in [-0.4, -0.2) is 59.8 Å². The predicted molar refractivity (Wildman–Crippen MR) is 119 cm³/mol. The third-order valence-electron chi connectivity index (χ3n) is 5.73. The van der Waals surface area contributed by atoms with Crippen molar-refractivity contribution in [1.29, 1.82) is 0 Å². The summed E-state index contributed by atoms with van der Waals surface area (Å²) >= 11 is 7.94. The Morgan fingerprint density at radius 1 is 1.26 bits per heavy atom. The zero-order valence-electron chi connectivity index (χ0n) is 17.9. The van der Waals surface area contributed by atoms with Gasteiger partial charge < -0.3 is 30.1 Å². The first-order valence-corrected chi connectivity index (χ1v) is 11.1. The monoisotopic (exact) mass is 469 g/mol. The molecule has 9 heteroatoms. The van der Waals surface area contributed by atoms with Crippen LogP contribution >= 0.6 is 22.9 Å². The van der Waals surface area contributed by atoms with E-state index < -0.39 is 30.0 Å². The van der Waals surface area contributed by atoms with Gasteiger partial charge in [0.2, 0.25) is 0 Å². The Labute approximate surface area is 190 Å². The maximum atomic E-state index is 11.9. The molecule has 0 aliphatic carbocycles. The summed E-state index contributed by atoms with van der Waals surface area (Å²) in [5, 5.41) is 34.5. The molecule has 1 saturated heterocycles. The lowest BCUT2D eigenvalue weighted by Crippen LogP contribution is -2.61. The molecular formula is C22H28ClNO6S. The molecule has 2 heterocycles. The Hall–Kier alpha value is -1.52. The van der Waals surface area contributed by atoms with E-state index in [0.29, 0.717) is 27.4 Å². The van der Waals surface area contributed by atoms with E-state index in [0.717, 1.165) is 10.4 Å². The second kappa shape index (κ2) is 9.54. The van der Waals surface area contributed by atoms with Gasteiger partial charge in [-0.2, -0.15) is 0 Å².